The second-order valence-electron chi connectivity index (χ2n) is 17.9. The molecule has 57 heavy (non-hydrogen) atoms. The van der Waals surface area contributed by atoms with Gasteiger partial charge in [-0.2, -0.15) is 0 Å². The molecule has 4 rings (SSSR count). The van der Waals surface area contributed by atoms with E-state index in [0.29, 0.717) is 0 Å². The molecule has 0 spiro atoms. The quantitative estimate of drug-likeness (QED) is 0.111. The summed E-state index contributed by atoms with van der Waals surface area (Å²) < 4.78 is 54.3. The first-order valence-corrected chi connectivity index (χ1v) is 26.3. The van der Waals surface area contributed by atoms with Crippen molar-refractivity contribution < 1.29 is 42.2 Å². The van der Waals surface area contributed by atoms with Gasteiger partial charge in [0.15, 0.2) is 20.1 Å². The van der Waals surface area contributed by atoms with E-state index < -0.39 is 100.0 Å². The zero-order valence-corrected chi connectivity index (χ0v) is 38.0. The molecule has 320 valence electrons. The Kier molecular flexibility index (Phi) is 13.7. The van der Waals surface area contributed by atoms with Gasteiger partial charge in [0, 0.05) is 30.4 Å². The monoisotopic (exact) mass is 856 g/mol. The van der Waals surface area contributed by atoms with Crippen molar-refractivity contribution in [3.8, 4) is 0 Å². The number of allylic oxidation sites excluding steroid dienone is 1. The number of ether oxygens (including phenoxy) is 2. The molecule has 2 aromatic heterocycles. The summed E-state index contributed by atoms with van der Waals surface area (Å²) >= 11 is 0. The van der Waals surface area contributed by atoms with E-state index in [4.69, 9.17) is 27.5 Å². The predicted molar refractivity (Wildman–Crippen MR) is 219 cm³/mol. The highest BCUT2D eigenvalue weighted by atomic mass is 31.2. The Morgan fingerprint density at radius 1 is 0.982 bits per heavy atom. The third-order valence-corrected chi connectivity index (χ3v) is 24.5. The number of aromatic nitrogens is 4. The zero-order valence-electron chi connectivity index (χ0n) is 35.1. The molecule has 8 atom stereocenters. The fraction of sp³-hybridized carbons (Fsp3) is 0.676. The van der Waals surface area contributed by atoms with E-state index in [-0.39, 0.29) is 30.2 Å². The number of aromatic amines is 2. The average molecular weight is 857 g/mol. The van der Waals surface area contributed by atoms with Crippen molar-refractivity contribution in [3.63, 3.8) is 0 Å². The van der Waals surface area contributed by atoms with Crippen molar-refractivity contribution in [1.29, 1.82) is 0 Å². The molecular weight excluding hydrogens is 796 g/mol. The Balaban J connectivity index is 1.79. The maximum atomic E-state index is 14.9. The van der Waals surface area contributed by atoms with E-state index in [0.717, 1.165) is 10.6 Å². The van der Waals surface area contributed by atoms with E-state index in [9.17, 15) is 34.0 Å². The molecule has 2 aromatic rings. The lowest BCUT2D eigenvalue weighted by molar-refractivity contribution is -0.0838. The number of nitrogens with one attached hydrogen (secondary N) is 2. The van der Waals surface area contributed by atoms with Gasteiger partial charge in [0.25, 0.3) is 11.1 Å². The first kappa shape index (κ1) is 46.9. The maximum Gasteiger partial charge on any atom is 0.475 e. The summed E-state index contributed by atoms with van der Waals surface area (Å²) in [6.07, 6.45) is 0.145. The largest absolute Gasteiger partial charge is 0.475 e. The van der Waals surface area contributed by atoms with E-state index >= 15 is 0 Å². The lowest BCUT2D eigenvalue weighted by atomic mass is 9.93. The minimum absolute atomic E-state index is 0.0540. The molecule has 4 heterocycles. The van der Waals surface area contributed by atoms with Crippen LogP contribution in [-0.4, -0.2) is 94.7 Å². The molecule has 1 unspecified atom stereocenters. The summed E-state index contributed by atoms with van der Waals surface area (Å²) in [6.45, 7) is 25.9. The number of hydrogen-bond donors (Lipinski definition) is 4. The van der Waals surface area contributed by atoms with Crippen LogP contribution in [-0.2, 0) is 32.0 Å². The van der Waals surface area contributed by atoms with Crippen LogP contribution < -0.4 is 22.5 Å². The molecule has 0 bridgehead atoms. The van der Waals surface area contributed by atoms with Crippen LogP contribution in [0.4, 0.5) is 0 Å². The number of aryl methyl sites for hydroxylation is 1. The van der Waals surface area contributed by atoms with Crippen LogP contribution in [0.15, 0.2) is 62.4 Å². The number of hydrogen-bond acceptors (Lipinski definition) is 13. The second-order valence-corrected chi connectivity index (χ2v) is 30.0. The van der Waals surface area contributed by atoms with Crippen LogP contribution in [0.25, 0.3) is 0 Å². The van der Waals surface area contributed by atoms with Crippen molar-refractivity contribution >= 4 is 24.2 Å². The van der Waals surface area contributed by atoms with Gasteiger partial charge in [-0.1, -0.05) is 72.9 Å². The molecule has 2 fully saturated rings. The van der Waals surface area contributed by atoms with E-state index in [1.807, 2.05) is 67.7 Å². The molecule has 0 radical (unpaired) electrons. The highest BCUT2D eigenvalue weighted by Crippen LogP contribution is 2.58. The standard InChI is InChI=1S/C37H61N4O13PSi2/c1-14-17-36(46)29(25(22-51-57(12,13)35(7,8)9)52-31(36)40-18-16-27(42)38-32(40)44)54-55(48,49-19-15-2)50-23-26-37(47,56(10,11)34(4,5)6)20-28(53-26)41-21-24(3)30(43)39-33(41)45/h14-18,21,25-26,28-29,31,46-47H,2,19-20,22-23H2,1,3-13H3,(H,38,42,44)(H,39,43,45)/b17-14+/t25-,26-,28-,29-,31-,36+,37-,55?/m1/s1. The maximum absolute atomic E-state index is 14.9. The number of rotatable bonds is 15. The van der Waals surface area contributed by atoms with E-state index in [1.54, 1.807) is 13.8 Å². The second kappa shape index (κ2) is 16.7. The van der Waals surface area contributed by atoms with Gasteiger partial charge in [-0.15, -0.1) is 6.58 Å². The molecule has 17 nitrogen and oxygen atoms in total. The SMILES string of the molecule is C=CCOP(=O)(OC[C@H]1O[C@@H](n2cc(C)c(=O)[nH]c2=O)C[C@@]1(O)[Si](C)(C)C(C)(C)C)O[C@@H]1[C@@H](CO[Si](C)(C)C(C)(C)C)O[C@@H](n2ccc(=O)[nH]c2=O)[C@]1(O)/C=C/C. The van der Waals surface area contributed by atoms with Gasteiger partial charge < -0.3 is 24.1 Å². The number of H-pyrrole nitrogens is 2. The summed E-state index contributed by atoms with van der Waals surface area (Å²) in [5, 5.41) is 22.9. The number of phosphoric acid groups is 1. The van der Waals surface area contributed by atoms with Crippen molar-refractivity contribution in [2.45, 2.75) is 140 Å². The van der Waals surface area contributed by atoms with Crippen LogP contribution in [0.5, 0.6) is 0 Å². The Bertz CT molecular complexity index is 2100. The Morgan fingerprint density at radius 3 is 2.18 bits per heavy atom. The molecule has 20 heteroatoms. The molecule has 0 saturated carbocycles. The van der Waals surface area contributed by atoms with Gasteiger partial charge in [0.05, 0.1) is 33.1 Å². The van der Waals surface area contributed by atoms with E-state index in [2.05, 4.69) is 16.5 Å². The highest BCUT2D eigenvalue weighted by molar-refractivity contribution is 7.48. The number of phosphoric ester groups is 1. The van der Waals surface area contributed by atoms with Crippen LogP contribution in [0.3, 0.4) is 0 Å². The van der Waals surface area contributed by atoms with Crippen molar-refractivity contribution in [3.05, 3.63) is 90.5 Å². The summed E-state index contributed by atoms with van der Waals surface area (Å²) in [6, 6.07) is 1.10. The fourth-order valence-corrected chi connectivity index (χ4v) is 12.0. The summed E-state index contributed by atoms with van der Waals surface area (Å²) in [4.78, 5) is 54.7. The Labute approximate surface area is 334 Å². The molecule has 0 aromatic carbocycles. The van der Waals surface area contributed by atoms with Crippen LogP contribution >= 0.6 is 7.82 Å². The van der Waals surface area contributed by atoms with Crippen LogP contribution in [0.2, 0.25) is 36.3 Å². The molecule has 2 aliphatic heterocycles. The van der Waals surface area contributed by atoms with Gasteiger partial charge >= 0.3 is 19.2 Å². The summed E-state index contributed by atoms with van der Waals surface area (Å²) in [5.74, 6) is 0. The summed E-state index contributed by atoms with van der Waals surface area (Å²) in [5.41, 5.74) is -4.80. The third kappa shape index (κ3) is 9.33. The minimum atomic E-state index is -4.80. The molecular formula is C37H61N4O13PSi2. The van der Waals surface area contributed by atoms with Gasteiger partial charge in [-0.25, -0.2) is 14.2 Å². The smallest absolute Gasteiger partial charge is 0.414 e. The van der Waals surface area contributed by atoms with E-state index in [1.165, 1.54) is 35.2 Å². The summed E-state index contributed by atoms with van der Waals surface area (Å²) in [7, 11) is -10.1. The molecule has 2 aliphatic rings. The first-order chi connectivity index (χ1) is 26.1. The van der Waals surface area contributed by atoms with Gasteiger partial charge in [0.2, 0.25) is 0 Å². The third-order valence-electron chi connectivity index (χ3n) is 12.2. The minimum Gasteiger partial charge on any atom is -0.414 e. The van der Waals surface area contributed by atoms with Gasteiger partial charge in [-0.05, 0) is 37.0 Å². The van der Waals surface area contributed by atoms with Crippen LogP contribution in [0.1, 0.15) is 72.9 Å². The normalized spacial score (nSPS) is 28.6. The highest BCUT2D eigenvalue weighted by Gasteiger charge is 2.63. The Hall–Kier alpha value is -2.82. The topological polar surface area (TPSA) is 223 Å². The van der Waals surface area contributed by atoms with Crippen molar-refractivity contribution in [2.24, 2.45) is 0 Å². The van der Waals surface area contributed by atoms with Gasteiger partial charge in [0.1, 0.15) is 24.5 Å². The average Bonchev–Trinajstić information content (AvgIpc) is 3.56. The Morgan fingerprint density at radius 2 is 1.61 bits per heavy atom. The van der Waals surface area contributed by atoms with Gasteiger partial charge in [-0.3, -0.25) is 42.3 Å². The number of aliphatic hydroxyl groups is 2. The molecule has 2 saturated heterocycles. The molecule has 4 N–H and O–H groups in total. The molecule has 0 amide bonds. The van der Waals surface area contributed by atoms with Crippen molar-refractivity contribution in [1.82, 2.24) is 19.1 Å². The lowest BCUT2D eigenvalue weighted by Gasteiger charge is -2.49. The first-order valence-electron chi connectivity index (χ1n) is 18.9. The number of nitrogens with zero attached hydrogens (tertiary/aromatic N) is 2. The molecule has 0 aliphatic carbocycles. The predicted octanol–water partition coefficient (Wildman–Crippen LogP) is 4.40. The lowest BCUT2D eigenvalue weighted by Crippen LogP contribution is -2.64. The van der Waals surface area contributed by atoms with Crippen LogP contribution in [0, 0.1) is 6.92 Å². The zero-order chi connectivity index (χ0) is 43.2. The fourth-order valence-electron chi connectivity index (χ4n) is 6.65. The van der Waals surface area contributed by atoms with Crippen molar-refractivity contribution in [2.75, 3.05) is 19.8 Å².